The minimum Gasteiger partial charge on any atom is -0.455 e. The van der Waals surface area contributed by atoms with Crippen molar-refractivity contribution in [3.05, 3.63) is 34.9 Å². The highest BCUT2D eigenvalue weighted by molar-refractivity contribution is 6.30. The van der Waals surface area contributed by atoms with Crippen LogP contribution in [-0.2, 0) is 19.7 Å². The molecular formula is C15H18ClNO3. The minimum absolute atomic E-state index is 0.231. The van der Waals surface area contributed by atoms with Crippen LogP contribution in [0.5, 0.6) is 0 Å². The maximum atomic E-state index is 12.4. The standard InChI is InChI=1S/C15H18ClNO3/c1-17-13(18)10-20-14(19)15(8-2-3-9-15)11-4-6-12(16)7-5-11/h4-7H,2-3,8-10H2,1H3,(H,17,18). The summed E-state index contributed by atoms with van der Waals surface area (Å²) in [6, 6.07) is 7.30. The molecule has 0 aromatic heterocycles. The van der Waals surface area contributed by atoms with Crippen molar-refractivity contribution in [1.82, 2.24) is 5.32 Å². The maximum absolute atomic E-state index is 12.4. The fourth-order valence-electron chi connectivity index (χ4n) is 2.70. The van der Waals surface area contributed by atoms with Crippen LogP contribution in [0.3, 0.4) is 0 Å². The lowest BCUT2D eigenvalue weighted by Gasteiger charge is -2.27. The molecule has 0 unspecified atom stereocenters. The second-order valence-corrected chi connectivity index (χ2v) is 5.48. The molecule has 1 N–H and O–H groups in total. The number of amides is 1. The van der Waals surface area contributed by atoms with E-state index in [0.717, 1.165) is 31.2 Å². The summed E-state index contributed by atoms with van der Waals surface area (Å²) >= 11 is 5.90. The molecule has 1 fully saturated rings. The molecule has 0 radical (unpaired) electrons. The monoisotopic (exact) mass is 295 g/mol. The molecule has 0 spiro atoms. The second kappa shape index (κ2) is 6.27. The zero-order valence-electron chi connectivity index (χ0n) is 11.4. The molecule has 108 valence electrons. The number of esters is 1. The first-order valence-corrected chi connectivity index (χ1v) is 7.10. The number of halogens is 1. The van der Waals surface area contributed by atoms with Crippen LogP contribution >= 0.6 is 11.6 Å². The summed E-state index contributed by atoms with van der Waals surface area (Å²) in [5.41, 5.74) is 0.291. The summed E-state index contributed by atoms with van der Waals surface area (Å²) in [6.45, 7) is -0.231. The first-order valence-electron chi connectivity index (χ1n) is 6.72. The van der Waals surface area contributed by atoms with E-state index in [4.69, 9.17) is 16.3 Å². The Hall–Kier alpha value is -1.55. The molecule has 1 aliphatic rings. The number of rotatable bonds is 4. The lowest BCUT2D eigenvalue weighted by Crippen LogP contribution is -2.37. The number of hydrogen-bond donors (Lipinski definition) is 1. The van der Waals surface area contributed by atoms with E-state index < -0.39 is 5.41 Å². The van der Waals surface area contributed by atoms with Gasteiger partial charge >= 0.3 is 5.97 Å². The average Bonchev–Trinajstić information content (AvgIpc) is 2.95. The fraction of sp³-hybridized carbons (Fsp3) is 0.467. The van der Waals surface area contributed by atoms with E-state index in [-0.39, 0.29) is 18.5 Å². The molecule has 1 aliphatic carbocycles. The SMILES string of the molecule is CNC(=O)COC(=O)C1(c2ccc(Cl)cc2)CCCC1. The summed E-state index contributed by atoms with van der Waals surface area (Å²) in [6.07, 6.45) is 3.47. The van der Waals surface area contributed by atoms with Gasteiger partial charge in [-0.05, 0) is 30.5 Å². The van der Waals surface area contributed by atoms with Gasteiger partial charge in [-0.1, -0.05) is 36.6 Å². The van der Waals surface area contributed by atoms with Gasteiger partial charge in [0.1, 0.15) is 0 Å². The molecule has 1 aromatic carbocycles. The quantitative estimate of drug-likeness (QED) is 0.868. The Balaban J connectivity index is 2.19. The Morgan fingerprint density at radius 1 is 1.25 bits per heavy atom. The molecule has 5 heteroatoms. The van der Waals surface area contributed by atoms with Crippen molar-refractivity contribution in [3.63, 3.8) is 0 Å². The van der Waals surface area contributed by atoms with Crippen LogP contribution in [-0.4, -0.2) is 25.5 Å². The maximum Gasteiger partial charge on any atom is 0.317 e. The summed E-state index contributed by atoms with van der Waals surface area (Å²) in [7, 11) is 1.51. The molecule has 0 bridgehead atoms. The number of hydrogen-bond acceptors (Lipinski definition) is 3. The molecule has 2 rings (SSSR count). The molecular weight excluding hydrogens is 278 g/mol. The fourth-order valence-corrected chi connectivity index (χ4v) is 2.83. The van der Waals surface area contributed by atoms with Gasteiger partial charge in [-0.25, -0.2) is 0 Å². The molecule has 20 heavy (non-hydrogen) atoms. The molecule has 4 nitrogen and oxygen atoms in total. The molecule has 1 aromatic rings. The normalized spacial score (nSPS) is 16.7. The Morgan fingerprint density at radius 3 is 2.40 bits per heavy atom. The third kappa shape index (κ3) is 2.96. The number of nitrogens with one attached hydrogen (secondary N) is 1. The van der Waals surface area contributed by atoms with Crippen LogP contribution in [0.25, 0.3) is 0 Å². The van der Waals surface area contributed by atoms with Gasteiger partial charge < -0.3 is 10.1 Å². The Kier molecular flexibility index (Phi) is 4.65. The van der Waals surface area contributed by atoms with Crippen LogP contribution in [0, 0.1) is 0 Å². The van der Waals surface area contributed by atoms with Crippen molar-refractivity contribution >= 4 is 23.5 Å². The summed E-state index contributed by atoms with van der Waals surface area (Å²) in [4.78, 5) is 23.6. The van der Waals surface area contributed by atoms with E-state index in [1.807, 2.05) is 12.1 Å². The van der Waals surface area contributed by atoms with Gasteiger partial charge in [0.2, 0.25) is 0 Å². The third-order valence-corrected chi connectivity index (χ3v) is 4.11. The largest absolute Gasteiger partial charge is 0.455 e. The topological polar surface area (TPSA) is 55.4 Å². The van der Waals surface area contributed by atoms with Crippen molar-refractivity contribution in [1.29, 1.82) is 0 Å². The zero-order valence-corrected chi connectivity index (χ0v) is 12.2. The van der Waals surface area contributed by atoms with E-state index in [9.17, 15) is 9.59 Å². The van der Waals surface area contributed by atoms with Gasteiger partial charge in [0, 0.05) is 12.1 Å². The molecule has 0 atom stereocenters. The molecule has 1 amide bonds. The smallest absolute Gasteiger partial charge is 0.317 e. The highest BCUT2D eigenvalue weighted by atomic mass is 35.5. The van der Waals surface area contributed by atoms with Crippen LogP contribution < -0.4 is 5.32 Å². The van der Waals surface area contributed by atoms with E-state index in [1.165, 1.54) is 7.05 Å². The summed E-state index contributed by atoms with van der Waals surface area (Å²) in [5, 5.41) is 3.08. The van der Waals surface area contributed by atoms with Crippen molar-refractivity contribution in [2.75, 3.05) is 13.7 Å². The van der Waals surface area contributed by atoms with E-state index in [1.54, 1.807) is 12.1 Å². The van der Waals surface area contributed by atoms with Gasteiger partial charge in [-0.3, -0.25) is 9.59 Å². The van der Waals surface area contributed by atoms with Crippen LogP contribution in [0.2, 0.25) is 5.02 Å². The predicted molar refractivity (Wildman–Crippen MR) is 76.6 cm³/mol. The van der Waals surface area contributed by atoms with Crippen LogP contribution in [0.4, 0.5) is 0 Å². The summed E-state index contributed by atoms with van der Waals surface area (Å²) in [5.74, 6) is -0.622. The van der Waals surface area contributed by atoms with Crippen molar-refractivity contribution in [3.8, 4) is 0 Å². The first-order chi connectivity index (χ1) is 9.58. The number of ether oxygens (including phenoxy) is 1. The van der Waals surface area contributed by atoms with Crippen LogP contribution in [0.15, 0.2) is 24.3 Å². The third-order valence-electron chi connectivity index (χ3n) is 3.86. The Labute approximate surface area is 123 Å². The van der Waals surface area contributed by atoms with Crippen molar-refractivity contribution < 1.29 is 14.3 Å². The summed E-state index contributed by atoms with van der Waals surface area (Å²) < 4.78 is 5.18. The highest BCUT2D eigenvalue weighted by Crippen LogP contribution is 2.42. The molecule has 0 aliphatic heterocycles. The van der Waals surface area contributed by atoms with Gasteiger partial charge in [-0.15, -0.1) is 0 Å². The predicted octanol–water partition coefficient (Wildman–Crippen LogP) is 2.44. The van der Waals surface area contributed by atoms with Crippen LogP contribution in [0.1, 0.15) is 31.2 Å². The number of carbonyl (C=O) groups is 2. The molecule has 0 heterocycles. The average molecular weight is 296 g/mol. The van der Waals surface area contributed by atoms with E-state index >= 15 is 0 Å². The van der Waals surface area contributed by atoms with E-state index in [0.29, 0.717) is 5.02 Å². The zero-order chi connectivity index (χ0) is 14.6. The van der Waals surface area contributed by atoms with Gasteiger partial charge in [0.25, 0.3) is 5.91 Å². The Bertz CT molecular complexity index is 492. The highest BCUT2D eigenvalue weighted by Gasteiger charge is 2.44. The second-order valence-electron chi connectivity index (χ2n) is 5.05. The lowest BCUT2D eigenvalue weighted by molar-refractivity contribution is -0.154. The molecule has 0 saturated heterocycles. The minimum atomic E-state index is -0.626. The van der Waals surface area contributed by atoms with Crippen molar-refractivity contribution in [2.45, 2.75) is 31.1 Å². The van der Waals surface area contributed by atoms with E-state index in [2.05, 4.69) is 5.32 Å². The van der Waals surface area contributed by atoms with Crippen molar-refractivity contribution in [2.24, 2.45) is 0 Å². The molecule has 1 saturated carbocycles. The number of benzene rings is 1. The van der Waals surface area contributed by atoms with Gasteiger partial charge in [0.15, 0.2) is 6.61 Å². The Morgan fingerprint density at radius 2 is 1.85 bits per heavy atom. The number of carbonyl (C=O) groups excluding carboxylic acids is 2. The lowest BCUT2D eigenvalue weighted by atomic mass is 9.79. The van der Waals surface area contributed by atoms with Gasteiger partial charge in [0.05, 0.1) is 5.41 Å². The number of likely N-dealkylation sites (N-methyl/N-ethyl adjacent to an activating group) is 1. The van der Waals surface area contributed by atoms with Gasteiger partial charge in [-0.2, -0.15) is 0 Å². The first kappa shape index (κ1) is 14.9.